The van der Waals surface area contributed by atoms with Crippen molar-refractivity contribution in [3.05, 3.63) is 23.8 Å². The minimum Gasteiger partial charge on any atom is -0.480 e. The lowest BCUT2D eigenvalue weighted by molar-refractivity contribution is 0.112. The predicted molar refractivity (Wildman–Crippen MR) is 75.8 cm³/mol. The van der Waals surface area contributed by atoms with Gasteiger partial charge in [-0.2, -0.15) is 0 Å². The van der Waals surface area contributed by atoms with Gasteiger partial charge in [-0.05, 0) is 19.1 Å². The second kappa shape index (κ2) is 6.26. The van der Waals surface area contributed by atoms with Crippen molar-refractivity contribution in [2.45, 2.75) is 13.0 Å². The molecule has 4 nitrogen and oxygen atoms in total. The summed E-state index contributed by atoms with van der Waals surface area (Å²) in [5, 5.41) is 3.33. The van der Waals surface area contributed by atoms with Gasteiger partial charge in [0.15, 0.2) is 6.29 Å². The van der Waals surface area contributed by atoms with Crippen LogP contribution in [-0.4, -0.2) is 38.6 Å². The molecule has 0 bridgehead atoms. The maximum Gasteiger partial charge on any atom is 0.155 e. The Bertz CT molecular complexity index is 493. The number of terminal acetylenes is 1. The van der Waals surface area contributed by atoms with E-state index >= 15 is 0 Å². The monoisotopic (exact) mass is 258 g/mol. The minimum absolute atomic E-state index is 0.168. The number of piperazine rings is 1. The Balaban J connectivity index is 2.33. The third kappa shape index (κ3) is 2.88. The average molecular weight is 258 g/mol. The van der Waals surface area contributed by atoms with Crippen molar-refractivity contribution in [2.24, 2.45) is 0 Å². The summed E-state index contributed by atoms with van der Waals surface area (Å²) in [6, 6.07) is 5.96. The summed E-state index contributed by atoms with van der Waals surface area (Å²) in [6.07, 6.45) is 6.03. The van der Waals surface area contributed by atoms with Crippen LogP contribution in [0, 0.1) is 12.3 Å². The topological polar surface area (TPSA) is 41.6 Å². The minimum atomic E-state index is 0.168. The van der Waals surface area contributed by atoms with Crippen molar-refractivity contribution in [1.82, 2.24) is 5.32 Å². The maximum atomic E-state index is 11.4. The Kier molecular flexibility index (Phi) is 4.43. The number of aldehydes is 1. The maximum absolute atomic E-state index is 11.4. The number of benzene rings is 1. The van der Waals surface area contributed by atoms with Crippen molar-refractivity contribution in [3.8, 4) is 18.1 Å². The van der Waals surface area contributed by atoms with Crippen molar-refractivity contribution in [1.29, 1.82) is 0 Å². The van der Waals surface area contributed by atoms with E-state index in [0.29, 0.717) is 17.4 Å². The first-order valence-electron chi connectivity index (χ1n) is 6.39. The highest BCUT2D eigenvalue weighted by molar-refractivity contribution is 5.88. The molecule has 1 saturated heterocycles. The summed E-state index contributed by atoms with van der Waals surface area (Å²) >= 11 is 0. The van der Waals surface area contributed by atoms with Crippen LogP contribution in [0.25, 0.3) is 0 Å². The average Bonchev–Trinajstić information content (AvgIpc) is 2.45. The van der Waals surface area contributed by atoms with Crippen molar-refractivity contribution < 1.29 is 9.53 Å². The Hall–Kier alpha value is -1.99. The predicted octanol–water partition coefficient (Wildman–Crippen LogP) is 1.31. The fraction of sp³-hybridized carbons (Fsp3) is 0.400. The smallest absolute Gasteiger partial charge is 0.155 e. The fourth-order valence-corrected chi connectivity index (χ4v) is 2.35. The Morgan fingerprint density at radius 3 is 3.16 bits per heavy atom. The zero-order chi connectivity index (χ0) is 13.7. The van der Waals surface area contributed by atoms with Gasteiger partial charge >= 0.3 is 0 Å². The van der Waals surface area contributed by atoms with Crippen LogP contribution in [0.4, 0.5) is 5.69 Å². The summed E-state index contributed by atoms with van der Waals surface area (Å²) in [7, 11) is 0. The van der Waals surface area contributed by atoms with Crippen LogP contribution < -0.4 is 15.0 Å². The Morgan fingerprint density at radius 2 is 2.47 bits per heavy atom. The second-order valence-corrected chi connectivity index (χ2v) is 4.55. The Morgan fingerprint density at radius 1 is 1.63 bits per heavy atom. The lowest BCUT2D eigenvalue weighted by atomic mass is 10.1. The number of hydrogen-bond acceptors (Lipinski definition) is 4. The number of rotatable bonds is 4. The molecule has 0 aliphatic carbocycles. The van der Waals surface area contributed by atoms with Crippen LogP contribution in [0.2, 0.25) is 0 Å². The van der Waals surface area contributed by atoms with Gasteiger partial charge in [0.1, 0.15) is 12.4 Å². The molecule has 1 aromatic carbocycles. The quantitative estimate of drug-likeness (QED) is 0.653. The van der Waals surface area contributed by atoms with Crippen molar-refractivity contribution in [2.75, 3.05) is 31.1 Å². The number of anilines is 1. The molecule has 0 radical (unpaired) electrons. The number of carbonyl (C=O) groups excluding carboxylic acids is 1. The molecule has 1 fully saturated rings. The van der Waals surface area contributed by atoms with Crippen LogP contribution in [0.3, 0.4) is 0 Å². The first-order valence-corrected chi connectivity index (χ1v) is 6.39. The van der Waals surface area contributed by atoms with E-state index in [1.165, 1.54) is 0 Å². The summed E-state index contributed by atoms with van der Waals surface area (Å²) in [5.41, 5.74) is 1.49. The highest BCUT2D eigenvalue weighted by Crippen LogP contribution is 2.29. The van der Waals surface area contributed by atoms with E-state index in [0.717, 1.165) is 31.6 Å². The molecule has 1 heterocycles. The molecular formula is C15H18N2O2. The molecule has 1 aliphatic heterocycles. The lowest BCUT2D eigenvalue weighted by Gasteiger charge is -2.36. The molecule has 19 heavy (non-hydrogen) atoms. The molecule has 1 aromatic rings. The standard InChI is InChI=1S/C15H18N2O2/c1-3-9-19-15-6-4-5-14(13(15)11-18)17-8-7-16-10-12(17)2/h1,4-6,11-12,16H,7-10H2,2H3. The van der Waals surface area contributed by atoms with E-state index in [1.807, 2.05) is 12.1 Å². The van der Waals surface area contributed by atoms with Crippen LogP contribution in [0.1, 0.15) is 17.3 Å². The van der Waals surface area contributed by atoms with Gasteiger partial charge in [0, 0.05) is 25.7 Å². The van der Waals surface area contributed by atoms with E-state index in [1.54, 1.807) is 6.07 Å². The van der Waals surface area contributed by atoms with Gasteiger partial charge in [0.05, 0.1) is 11.3 Å². The molecule has 1 aliphatic rings. The first kappa shape index (κ1) is 13.4. The molecule has 2 rings (SSSR count). The van der Waals surface area contributed by atoms with Gasteiger partial charge < -0.3 is 15.0 Å². The van der Waals surface area contributed by atoms with E-state index in [-0.39, 0.29) is 6.61 Å². The number of nitrogens with zero attached hydrogens (tertiary/aromatic N) is 1. The molecule has 100 valence electrons. The number of nitrogens with one attached hydrogen (secondary N) is 1. The number of hydrogen-bond donors (Lipinski definition) is 1. The molecule has 0 aromatic heterocycles. The molecule has 0 saturated carbocycles. The number of carbonyl (C=O) groups is 1. The molecule has 1 unspecified atom stereocenters. The summed E-state index contributed by atoms with van der Waals surface area (Å²) in [5.74, 6) is 2.97. The highest BCUT2D eigenvalue weighted by atomic mass is 16.5. The third-order valence-corrected chi connectivity index (χ3v) is 3.28. The van der Waals surface area contributed by atoms with Gasteiger partial charge in [-0.25, -0.2) is 0 Å². The molecule has 1 N–H and O–H groups in total. The molecule has 0 spiro atoms. The second-order valence-electron chi connectivity index (χ2n) is 4.55. The van der Waals surface area contributed by atoms with Crippen LogP contribution in [0.5, 0.6) is 5.75 Å². The third-order valence-electron chi connectivity index (χ3n) is 3.28. The largest absolute Gasteiger partial charge is 0.480 e. The SMILES string of the molecule is C#CCOc1cccc(N2CCNCC2C)c1C=O. The molecule has 0 amide bonds. The zero-order valence-corrected chi connectivity index (χ0v) is 11.1. The van der Waals surface area contributed by atoms with E-state index in [9.17, 15) is 4.79 Å². The van der Waals surface area contributed by atoms with E-state index in [4.69, 9.17) is 11.2 Å². The van der Waals surface area contributed by atoms with E-state index in [2.05, 4.69) is 23.1 Å². The molecule has 4 heteroatoms. The van der Waals surface area contributed by atoms with Gasteiger partial charge in [-0.15, -0.1) is 6.42 Å². The van der Waals surface area contributed by atoms with Crippen molar-refractivity contribution in [3.63, 3.8) is 0 Å². The van der Waals surface area contributed by atoms with Gasteiger partial charge in [0.2, 0.25) is 0 Å². The van der Waals surface area contributed by atoms with Gasteiger partial charge in [-0.1, -0.05) is 12.0 Å². The fourth-order valence-electron chi connectivity index (χ4n) is 2.35. The normalized spacial score (nSPS) is 18.7. The van der Waals surface area contributed by atoms with Crippen LogP contribution >= 0.6 is 0 Å². The van der Waals surface area contributed by atoms with Gasteiger partial charge in [-0.3, -0.25) is 4.79 Å². The summed E-state index contributed by atoms with van der Waals surface area (Å²) < 4.78 is 5.43. The number of ether oxygens (including phenoxy) is 1. The van der Waals surface area contributed by atoms with E-state index < -0.39 is 0 Å². The Labute approximate surface area is 113 Å². The van der Waals surface area contributed by atoms with Gasteiger partial charge in [0.25, 0.3) is 0 Å². The van der Waals surface area contributed by atoms with Crippen LogP contribution in [0.15, 0.2) is 18.2 Å². The molecular weight excluding hydrogens is 240 g/mol. The first-order chi connectivity index (χ1) is 9.27. The van der Waals surface area contributed by atoms with Crippen LogP contribution in [-0.2, 0) is 0 Å². The zero-order valence-electron chi connectivity index (χ0n) is 11.1. The summed E-state index contributed by atoms with van der Waals surface area (Å²) in [4.78, 5) is 13.6. The highest BCUT2D eigenvalue weighted by Gasteiger charge is 2.22. The lowest BCUT2D eigenvalue weighted by Crippen LogP contribution is -2.50. The van der Waals surface area contributed by atoms with Crippen molar-refractivity contribution >= 4 is 12.0 Å². The molecule has 1 atom stereocenters. The summed E-state index contributed by atoms with van der Waals surface area (Å²) in [6.45, 7) is 5.00.